The monoisotopic (exact) mass is 474 g/mol. The maximum Gasteiger partial charge on any atom is 0.268 e. The second-order valence-electron chi connectivity index (χ2n) is 8.29. The summed E-state index contributed by atoms with van der Waals surface area (Å²) in [5, 5.41) is 6.15. The number of carbonyl (C=O) groups excluding carboxylic acids is 1. The predicted octanol–water partition coefficient (Wildman–Crippen LogP) is 4.36. The van der Waals surface area contributed by atoms with Gasteiger partial charge in [0.2, 0.25) is 11.7 Å². The van der Waals surface area contributed by atoms with Crippen molar-refractivity contribution in [3.8, 4) is 27.9 Å². The topological polar surface area (TPSA) is 71.7 Å². The van der Waals surface area contributed by atoms with Crippen molar-refractivity contribution in [1.82, 2.24) is 19.9 Å². The molecule has 7 nitrogen and oxygen atoms in total. The summed E-state index contributed by atoms with van der Waals surface area (Å²) in [6.07, 6.45) is 0.400. The number of methoxy groups -OCH3 is 1. The minimum atomic E-state index is 0.161. The maximum absolute atomic E-state index is 12.8. The first kappa shape index (κ1) is 22.3. The Morgan fingerprint density at radius 1 is 1.03 bits per heavy atom. The third-order valence-electron chi connectivity index (χ3n) is 5.96. The van der Waals surface area contributed by atoms with E-state index in [4.69, 9.17) is 9.26 Å². The van der Waals surface area contributed by atoms with Crippen molar-refractivity contribution in [3.63, 3.8) is 0 Å². The van der Waals surface area contributed by atoms with E-state index < -0.39 is 0 Å². The molecule has 174 valence electrons. The molecule has 2 aromatic heterocycles. The zero-order chi connectivity index (χ0) is 23.3. The minimum absolute atomic E-state index is 0.161. The lowest BCUT2D eigenvalue weighted by Gasteiger charge is -2.35. The van der Waals surface area contributed by atoms with Gasteiger partial charge in [-0.25, -0.2) is 0 Å². The van der Waals surface area contributed by atoms with Crippen LogP contribution in [0.1, 0.15) is 11.1 Å². The summed E-state index contributed by atoms with van der Waals surface area (Å²) in [6.45, 7) is 3.98. The SMILES string of the molecule is COc1cccc(CC(=O)N2CCN(Cc3cccc(-c4noc(-c5cccs5)n4)c3)CC2)c1. The Morgan fingerprint density at radius 2 is 1.85 bits per heavy atom. The van der Waals surface area contributed by atoms with Crippen molar-refractivity contribution in [2.45, 2.75) is 13.0 Å². The van der Waals surface area contributed by atoms with Gasteiger partial charge < -0.3 is 14.2 Å². The van der Waals surface area contributed by atoms with Gasteiger partial charge >= 0.3 is 0 Å². The Bertz CT molecular complexity index is 1250. The largest absolute Gasteiger partial charge is 0.497 e. The third-order valence-corrected chi connectivity index (χ3v) is 6.82. The molecule has 1 aliphatic rings. The molecule has 34 heavy (non-hydrogen) atoms. The van der Waals surface area contributed by atoms with Crippen molar-refractivity contribution in [2.75, 3.05) is 33.3 Å². The summed E-state index contributed by atoms with van der Waals surface area (Å²) in [5.41, 5.74) is 3.11. The van der Waals surface area contributed by atoms with Gasteiger partial charge in [-0.2, -0.15) is 4.98 Å². The van der Waals surface area contributed by atoms with E-state index in [-0.39, 0.29) is 5.91 Å². The Labute approximate surface area is 202 Å². The van der Waals surface area contributed by atoms with Crippen molar-refractivity contribution in [2.24, 2.45) is 0 Å². The van der Waals surface area contributed by atoms with Crippen LogP contribution in [0.4, 0.5) is 0 Å². The first-order valence-corrected chi connectivity index (χ1v) is 12.2. The van der Waals surface area contributed by atoms with Gasteiger partial charge in [-0.1, -0.05) is 41.6 Å². The number of carbonyl (C=O) groups is 1. The van der Waals surface area contributed by atoms with Crippen molar-refractivity contribution in [1.29, 1.82) is 0 Å². The van der Waals surface area contributed by atoms with E-state index in [1.165, 1.54) is 5.56 Å². The highest BCUT2D eigenvalue weighted by Crippen LogP contribution is 2.26. The number of nitrogens with zero attached hydrogens (tertiary/aromatic N) is 4. The highest BCUT2D eigenvalue weighted by molar-refractivity contribution is 7.13. The van der Waals surface area contributed by atoms with Gasteiger partial charge in [-0.05, 0) is 40.8 Å². The van der Waals surface area contributed by atoms with Gasteiger partial charge in [0.25, 0.3) is 5.89 Å². The molecule has 0 saturated carbocycles. The fourth-order valence-corrected chi connectivity index (χ4v) is 4.78. The zero-order valence-corrected chi connectivity index (χ0v) is 19.8. The standard InChI is InChI=1S/C26H26N4O3S/c1-32-22-8-3-5-19(16-22)17-24(31)30-12-10-29(11-13-30)18-20-6-2-7-21(15-20)25-27-26(33-28-25)23-9-4-14-34-23/h2-9,14-16H,10-13,17-18H2,1H3. The van der Waals surface area contributed by atoms with E-state index in [1.54, 1.807) is 18.4 Å². The second kappa shape index (κ2) is 10.2. The number of ether oxygens (including phenoxy) is 1. The summed E-state index contributed by atoms with van der Waals surface area (Å²) in [4.78, 5) is 22.6. The number of hydrogen-bond donors (Lipinski definition) is 0. The van der Waals surface area contributed by atoms with E-state index in [9.17, 15) is 4.79 Å². The van der Waals surface area contributed by atoms with Gasteiger partial charge in [0.1, 0.15) is 5.75 Å². The summed E-state index contributed by atoms with van der Waals surface area (Å²) in [6, 6.07) is 19.9. The minimum Gasteiger partial charge on any atom is -0.497 e. The van der Waals surface area contributed by atoms with Crippen LogP contribution in [0.2, 0.25) is 0 Å². The van der Waals surface area contributed by atoms with Gasteiger partial charge in [0.05, 0.1) is 18.4 Å². The quantitative estimate of drug-likeness (QED) is 0.396. The van der Waals surface area contributed by atoms with Crippen molar-refractivity contribution >= 4 is 17.2 Å². The van der Waals surface area contributed by atoms with Gasteiger partial charge in [0.15, 0.2) is 0 Å². The van der Waals surface area contributed by atoms with Gasteiger partial charge in [-0.3, -0.25) is 9.69 Å². The number of hydrogen-bond acceptors (Lipinski definition) is 7. The fraction of sp³-hybridized carbons (Fsp3) is 0.269. The first-order valence-electron chi connectivity index (χ1n) is 11.3. The molecule has 3 heterocycles. The molecule has 5 rings (SSSR count). The second-order valence-corrected chi connectivity index (χ2v) is 9.23. The molecule has 0 N–H and O–H groups in total. The highest BCUT2D eigenvalue weighted by Gasteiger charge is 2.21. The first-order chi connectivity index (χ1) is 16.7. The number of thiophene rings is 1. The van der Waals surface area contributed by atoms with E-state index in [0.717, 1.165) is 54.5 Å². The third kappa shape index (κ3) is 5.18. The van der Waals surface area contributed by atoms with Crippen LogP contribution in [0.3, 0.4) is 0 Å². The smallest absolute Gasteiger partial charge is 0.268 e. The number of amides is 1. The normalized spacial score (nSPS) is 14.3. The average Bonchev–Trinajstić information content (AvgIpc) is 3.57. The van der Waals surface area contributed by atoms with Crippen LogP contribution in [0.25, 0.3) is 22.2 Å². The molecule has 1 aliphatic heterocycles. The molecule has 0 spiro atoms. The molecule has 0 unspecified atom stereocenters. The van der Waals surface area contributed by atoms with E-state index in [2.05, 4.69) is 27.2 Å². The number of aromatic nitrogens is 2. The molecule has 0 bridgehead atoms. The highest BCUT2D eigenvalue weighted by atomic mass is 32.1. The fourth-order valence-electron chi connectivity index (χ4n) is 4.13. The molecule has 1 saturated heterocycles. The molecule has 0 aliphatic carbocycles. The van der Waals surface area contributed by atoms with E-state index >= 15 is 0 Å². The Balaban J connectivity index is 1.16. The molecule has 1 fully saturated rings. The van der Waals surface area contributed by atoms with Crippen LogP contribution in [-0.4, -0.2) is 59.1 Å². The number of benzene rings is 2. The summed E-state index contributed by atoms with van der Waals surface area (Å²) >= 11 is 1.58. The predicted molar refractivity (Wildman–Crippen MR) is 132 cm³/mol. The van der Waals surface area contributed by atoms with Crippen LogP contribution >= 0.6 is 11.3 Å². The molecular weight excluding hydrogens is 448 g/mol. The van der Waals surface area contributed by atoms with Crippen molar-refractivity contribution < 1.29 is 14.1 Å². The lowest BCUT2D eigenvalue weighted by atomic mass is 10.1. The lowest BCUT2D eigenvalue weighted by Crippen LogP contribution is -2.48. The average molecular weight is 475 g/mol. The van der Waals surface area contributed by atoms with Crippen LogP contribution in [0.5, 0.6) is 5.75 Å². The Hall–Kier alpha value is -3.49. The van der Waals surface area contributed by atoms with Gasteiger partial charge in [0, 0.05) is 38.3 Å². The molecule has 1 amide bonds. The summed E-state index contributed by atoms with van der Waals surface area (Å²) in [7, 11) is 1.64. The molecule has 4 aromatic rings. The van der Waals surface area contributed by atoms with Gasteiger partial charge in [-0.15, -0.1) is 11.3 Å². The van der Waals surface area contributed by atoms with E-state index in [1.807, 2.05) is 58.8 Å². The molecular formula is C26H26N4O3S. The number of rotatable bonds is 7. The molecule has 8 heteroatoms. The summed E-state index contributed by atoms with van der Waals surface area (Å²) in [5.74, 6) is 2.08. The van der Waals surface area contributed by atoms with Crippen LogP contribution < -0.4 is 4.74 Å². The van der Waals surface area contributed by atoms with Crippen molar-refractivity contribution in [3.05, 3.63) is 77.2 Å². The van der Waals surface area contributed by atoms with Crippen LogP contribution in [0, 0.1) is 0 Å². The molecule has 0 radical (unpaired) electrons. The molecule has 2 aromatic carbocycles. The number of piperazine rings is 1. The van der Waals surface area contributed by atoms with Crippen LogP contribution in [-0.2, 0) is 17.8 Å². The Morgan fingerprint density at radius 3 is 2.65 bits per heavy atom. The zero-order valence-electron chi connectivity index (χ0n) is 19.0. The van der Waals surface area contributed by atoms with E-state index in [0.29, 0.717) is 18.1 Å². The lowest BCUT2D eigenvalue weighted by molar-refractivity contribution is -0.132. The Kier molecular flexibility index (Phi) is 6.69. The van der Waals surface area contributed by atoms with Crippen LogP contribution in [0.15, 0.2) is 70.6 Å². The summed E-state index contributed by atoms with van der Waals surface area (Å²) < 4.78 is 10.7. The molecule has 0 atom stereocenters. The maximum atomic E-state index is 12.8.